The summed E-state index contributed by atoms with van der Waals surface area (Å²) in [5.41, 5.74) is 0. The van der Waals surface area contributed by atoms with Crippen molar-refractivity contribution in [3.05, 3.63) is 0 Å². The van der Waals surface area contributed by atoms with Crippen molar-refractivity contribution in [2.45, 2.75) is 13.0 Å². The Labute approximate surface area is 109 Å². The number of rotatable bonds is 2. The van der Waals surface area contributed by atoms with E-state index in [-0.39, 0.29) is 18.3 Å². The van der Waals surface area contributed by atoms with Crippen molar-refractivity contribution in [2.24, 2.45) is 0 Å². The molecule has 1 unspecified atom stereocenters. The van der Waals surface area contributed by atoms with Crippen LogP contribution in [-0.2, 0) is 9.53 Å². The zero-order chi connectivity index (χ0) is 11.4. The van der Waals surface area contributed by atoms with E-state index in [1.165, 1.54) is 0 Å². The van der Waals surface area contributed by atoms with Crippen LogP contribution in [0.25, 0.3) is 0 Å². The molecule has 0 aromatic heterocycles. The average molecular weight is 264 g/mol. The monoisotopic (exact) mass is 263 g/mol. The quantitative estimate of drug-likeness (QED) is 0.734. The van der Waals surface area contributed by atoms with Gasteiger partial charge in [-0.15, -0.1) is 12.4 Å². The molecule has 2 fully saturated rings. The van der Waals surface area contributed by atoms with E-state index in [1.807, 2.05) is 4.90 Å². The van der Waals surface area contributed by atoms with Crippen LogP contribution >= 0.6 is 12.4 Å². The van der Waals surface area contributed by atoms with Crippen molar-refractivity contribution in [3.8, 4) is 0 Å². The lowest BCUT2D eigenvalue weighted by molar-refractivity contribution is -0.136. The van der Waals surface area contributed by atoms with Gasteiger partial charge in [-0.3, -0.25) is 9.69 Å². The lowest BCUT2D eigenvalue weighted by Gasteiger charge is -2.34. The molecule has 1 amide bonds. The molecular formula is C11H22ClN3O2. The Bertz CT molecular complexity index is 247. The van der Waals surface area contributed by atoms with Crippen LogP contribution in [0.2, 0.25) is 0 Å². The average Bonchev–Trinajstić information content (AvgIpc) is 2.30. The van der Waals surface area contributed by atoms with Gasteiger partial charge in [0.15, 0.2) is 0 Å². The first-order chi connectivity index (χ1) is 7.75. The number of morpholine rings is 1. The first kappa shape index (κ1) is 14.7. The largest absolute Gasteiger partial charge is 0.378 e. The molecule has 2 aliphatic heterocycles. The van der Waals surface area contributed by atoms with Crippen molar-refractivity contribution >= 4 is 18.3 Å². The Hall–Kier alpha value is -0.360. The van der Waals surface area contributed by atoms with Gasteiger partial charge in [0.05, 0.1) is 19.8 Å². The molecule has 1 N–H and O–H groups in total. The summed E-state index contributed by atoms with van der Waals surface area (Å²) in [5, 5.41) is 3.38. The molecule has 6 heteroatoms. The van der Waals surface area contributed by atoms with E-state index in [0.29, 0.717) is 25.8 Å². The van der Waals surface area contributed by atoms with E-state index in [2.05, 4.69) is 17.1 Å². The number of piperazine rings is 1. The Balaban J connectivity index is 0.00000144. The maximum absolute atomic E-state index is 12.0. The minimum atomic E-state index is 0. The molecule has 0 bridgehead atoms. The molecule has 2 saturated heterocycles. The van der Waals surface area contributed by atoms with Crippen molar-refractivity contribution in [1.29, 1.82) is 0 Å². The van der Waals surface area contributed by atoms with Crippen molar-refractivity contribution in [2.75, 3.05) is 52.5 Å². The first-order valence-corrected chi connectivity index (χ1v) is 6.07. The zero-order valence-corrected chi connectivity index (χ0v) is 11.2. The molecule has 0 aromatic rings. The van der Waals surface area contributed by atoms with Crippen LogP contribution in [-0.4, -0.2) is 74.2 Å². The van der Waals surface area contributed by atoms with Crippen LogP contribution in [0.15, 0.2) is 0 Å². The maximum atomic E-state index is 12.0. The molecule has 2 rings (SSSR count). The first-order valence-electron chi connectivity index (χ1n) is 6.07. The Morgan fingerprint density at radius 2 is 2.06 bits per heavy atom. The second kappa shape index (κ2) is 7.16. The number of carbonyl (C=O) groups is 1. The van der Waals surface area contributed by atoms with Gasteiger partial charge in [-0.25, -0.2) is 0 Å². The minimum Gasteiger partial charge on any atom is -0.378 e. The molecule has 0 saturated carbocycles. The van der Waals surface area contributed by atoms with Crippen LogP contribution in [0.4, 0.5) is 0 Å². The van der Waals surface area contributed by atoms with Crippen molar-refractivity contribution in [1.82, 2.24) is 15.1 Å². The summed E-state index contributed by atoms with van der Waals surface area (Å²) < 4.78 is 5.24. The molecule has 0 aliphatic carbocycles. The Kier molecular flexibility index (Phi) is 6.19. The number of hydrogen-bond acceptors (Lipinski definition) is 4. The molecule has 5 nitrogen and oxygen atoms in total. The lowest BCUT2D eigenvalue weighted by atomic mass is 10.2. The van der Waals surface area contributed by atoms with Crippen molar-refractivity contribution < 1.29 is 9.53 Å². The number of carbonyl (C=O) groups excluding carboxylic acids is 1. The normalized spacial score (nSPS) is 26.4. The maximum Gasteiger partial charge on any atom is 0.236 e. The van der Waals surface area contributed by atoms with Crippen LogP contribution in [0.3, 0.4) is 0 Å². The zero-order valence-electron chi connectivity index (χ0n) is 10.4. The SMILES string of the molecule is CC1CN(CC(=O)N2CCOCC2)CCN1.Cl. The van der Waals surface area contributed by atoms with Crippen LogP contribution in [0.5, 0.6) is 0 Å². The summed E-state index contributed by atoms with van der Waals surface area (Å²) in [6.07, 6.45) is 0. The minimum absolute atomic E-state index is 0. The molecule has 1 atom stereocenters. The summed E-state index contributed by atoms with van der Waals surface area (Å²) in [6.45, 7) is 8.51. The molecule has 0 spiro atoms. The molecule has 100 valence electrons. The van der Waals surface area contributed by atoms with Crippen LogP contribution in [0.1, 0.15) is 6.92 Å². The van der Waals surface area contributed by atoms with Crippen LogP contribution < -0.4 is 5.32 Å². The van der Waals surface area contributed by atoms with Crippen molar-refractivity contribution in [3.63, 3.8) is 0 Å². The molecule has 2 heterocycles. The number of hydrogen-bond donors (Lipinski definition) is 1. The number of nitrogens with zero attached hydrogens (tertiary/aromatic N) is 2. The molecule has 2 aliphatic rings. The fraction of sp³-hybridized carbons (Fsp3) is 0.909. The van der Waals surface area contributed by atoms with E-state index in [4.69, 9.17) is 4.74 Å². The fourth-order valence-electron chi connectivity index (χ4n) is 2.26. The van der Waals surface area contributed by atoms with Gasteiger partial charge in [0.25, 0.3) is 0 Å². The van der Waals surface area contributed by atoms with Crippen LogP contribution in [0, 0.1) is 0 Å². The van der Waals surface area contributed by atoms with Gasteiger partial charge in [0.2, 0.25) is 5.91 Å². The van der Waals surface area contributed by atoms with Gasteiger partial charge < -0.3 is 15.0 Å². The van der Waals surface area contributed by atoms with Gasteiger partial charge in [-0.2, -0.15) is 0 Å². The Morgan fingerprint density at radius 1 is 1.35 bits per heavy atom. The number of amides is 1. The van der Waals surface area contributed by atoms with Gasteiger partial charge in [0.1, 0.15) is 0 Å². The fourth-order valence-corrected chi connectivity index (χ4v) is 2.26. The van der Waals surface area contributed by atoms with Gasteiger partial charge in [-0.1, -0.05) is 0 Å². The van der Waals surface area contributed by atoms with E-state index >= 15 is 0 Å². The second-order valence-electron chi connectivity index (χ2n) is 4.58. The highest BCUT2D eigenvalue weighted by Crippen LogP contribution is 2.02. The molecular weight excluding hydrogens is 242 g/mol. The van der Waals surface area contributed by atoms with Gasteiger partial charge in [-0.05, 0) is 6.92 Å². The smallest absolute Gasteiger partial charge is 0.236 e. The van der Waals surface area contributed by atoms with E-state index in [9.17, 15) is 4.79 Å². The molecule has 0 radical (unpaired) electrons. The third-order valence-electron chi connectivity index (χ3n) is 3.18. The number of ether oxygens (including phenoxy) is 1. The predicted molar refractivity (Wildman–Crippen MR) is 68.6 cm³/mol. The summed E-state index contributed by atoms with van der Waals surface area (Å²) >= 11 is 0. The summed E-state index contributed by atoms with van der Waals surface area (Å²) in [6, 6.07) is 0.492. The van der Waals surface area contributed by atoms with Gasteiger partial charge >= 0.3 is 0 Å². The lowest BCUT2D eigenvalue weighted by Crippen LogP contribution is -2.53. The number of nitrogens with one attached hydrogen (secondary N) is 1. The standard InChI is InChI=1S/C11H21N3O2.ClH/c1-10-8-13(3-2-12-10)9-11(15)14-4-6-16-7-5-14;/h10,12H,2-9H2,1H3;1H. The third-order valence-corrected chi connectivity index (χ3v) is 3.18. The van der Waals surface area contributed by atoms with E-state index in [0.717, 1.165) is 32.7 Å². The van der Waals surface area contributed by atoms with Gasteiger partial charge in [0, 0.05) is 38.8 Å². The highest BCUT2D eigenvalue weighted by Gasteiger charge is 2.22. The summed E-state index contributed by atoms with van der Waals surface area (Å²) in [7, 11) is 0. The Morgan fingerprint density at radius 3 is 2.71 bits per heavy atom. The van der Waals surface area contributed by atoms with E-state index < -0.39 is 0 Å². The summed E-state index contributed by atoms with van der Waals surface area (Å²) in [5.74, 6) is 0.248. The topological polar surface area (TPSA) is 44.8 Å². The molecule has 0 aromatic carbocycles. The summed E-state index contributed by atoms with van der Waals surface area (Å²) in [4.78, 5) is 16.1. The highest BCUT2D eigenvalue weighted by molar-refractivity contribution is 5.85. The number of halogens is 1. The second-order valence-corrected chi connectivity index (χ2v) is 4.58. The van der Waals surface area contributed by atoms with E-state index in [1.54, 1.807) is 0 Å². The predicted octanol–water partition coefficient (Wildman–Crippen LogP) is -0.439. The highest BCUT2D eigenvalue weighted by atomic mass is 35.5. The molecule has 17 heavy (non-hydrogen) atoms. The third kappa shape index (κ3) is 4.43.